The first-order chi connectivity index (χ1) is 16.2. The number of nitrogens with zero attached hydrogens (tertiary/aromatic N) is 1. The number of amides is 2. The zero-order chi connectivity index (χ0) is 24.5. The summed E-state index contributed by atoms with van der Waals surface area (Å²) in [5, 5.41) is 11.4. The number of carbonyl (C=O) groups excluding carboxylic acids is 2. The Balaban J connectivity index is 1.37. The molecule has 1 saturated heterocycles. The van der Waals surface area contributed by atoms with Gasteiger partial charge in [0, 0.05) is 12.5 Å². The Labute approximate surface area is 195 Å². The fourth-order valence-corrected chi connectivity index (χ4v) is 4.91. The number of carboxylic acids is 1. The van der Waals surface area contributed by atoms with Gasteiger partial charge in [0.05, 0.1) is 6.54 Å². The average Bonchev–Trinajstić information content (AvgIpc) is 3.14. The van der Waals surface area contributed by atoms with Crippen molar-refractivity contribution in [3.63, 3.8) is 0 Å². The van der Waals surface area contributed by atoms with E-state index in [0.29, 0.717) is 17.7 Å². The zero-order valence-electron chi connectivity index (χ0n) is 18.7. The summed E-state index contributed by atoms with van der Waals surface area (Å²) in [5.41, 5.74) is 4.04. The van der Waals surface area contributed by atoms with Gasteiger partial charge in [0.15, 0.2) is 0 Å². The summed E-state index contributed by atoms with van der Waals surface area (Å²) in [4.78, 5) is 36.9. The highest BCUT2D eigenvalue weighted by atomic mass is 19.3. The predicted octanol–water partition coefficient (Wildman–Crippen LogP) is 3.87. The normalized spacial score (nSPS) is 19.8. The Morgan fingerprint density at radius 3 is 2.26 bits per heavy atom. The van der Waals surface area contributed by atoms with E-state index >= 15 is 0 Å². The van der Waals surface area contributed by atoms with Crippen LogP contribution in [-0.2, 0) is 14.3 Å². The van der Waals surface area contributed by atoms with Crippen LogP contribution in [0.5, 0.6) is 0 Å². The molecular formula is C25H26F2N2O5. The number of halogens is 2. The minimum atomic E-state index is -3.96. The van der Waals surface area contributed by atoms with Gasteiger partial charge in [-0.05, 0) is 41.0 Å². The van der Waals surface area contributed by atoms with Crippen molar-refractivity contribution in [1.82, 2.24) is 10.2 Å². The maximum absolute atomic E-state index is 14.6. The molecule has 34 heavy (non-hydrogen) atoms. The summed E-state index contributed by atoms with van der Waals surface area (Å²) >= 11 is 0. The number of aliphatic carboxylic acids is 1. The Morgan fingerprint density at radius 1 is 1.09 bits per heavy atom. The lowest BCUT2D eigenvalue weighted by Crippen LogP contribution is -2.58. The molecule has 1 heterocycles. The van der Waals surface area contributed by atoms with E-state index in [1.165, 1.54) is 0 Å². The number of benzene rings is 2. The summed E-state index contributed by atoms with van der Waals surface area (Å²) in [6, 6.07) is 14.1. The van der Waals surface area contributed by atoms with Crippen LogP contribution < -0.4 is 5.32 Å². The number of carbonyl (C=O) groups is 3. The number of carboxylic acid groups (broad SMARTS) is 1. The van der Waals surface area contributed by atoms with E-state index in [2.05, 4.69) is 0 Å². The molecule has 7 nitrogen and oxygen atoms in total. The first kappa shape index (κ1) is 23.7. The van der Waals surface area contributed by atoms with Crippen LogP contribution in [0.2, 0.25) is 0 Å². The molecule has 0 bridgehead atoms. The highest BCUT2D eigenvalue weighted by Gasteiger charge is 2.48. The molecule has 2 aliphatic rings. The zero-order valence-corrected chi connectivity index (χ0v) is 18.7. The summed E-state index contributed by atoms with van der Waals surface area (Å²) in [7, 11) is 0. The summed E-state index contributed by atoms with van der Waals surface area (Å²) < 4.78 is 34.4. The smallest absolute Gasteiger partial charge is 0.407 e. The fourth-order valence-electron chi connectivity index (χ4n) is 4.91. The molecule has 2 N–H and O–H groups in total. The van der Waals surface area contributed by atoms with Crippen molar-refractivity contribution in [2.45, 2.75) is 37.6 Å². The molecule has 0 spiro atoms. The van der Waals surface area contributed by atoms with Crippen molar-refractivity contribution < 1.29 is 33.0 Å². The maximum Gasteiger partial charge on any atom is 0.407 e. The minimum absolute atomic E-state index is 0.0515. The van der Waals surface area contributed by atoms with E-state index in [0.717, 1.165) is 22.3 Å². The largest absolute Gasteiger partial charge is 0.480 e. The van der Waals surface area contributed by atoms with Gasteiger partial charge < -0.3 is 20.1 Å². The van der Waals surface area contributed by atoms with E-state index in [1.807, 2.05) is 53.8 Å². The quantitative estimate of drug-likeness (QED) is 0.666. The molecule has 180 valence electrons. The number of alkyl carbamates (subject to hydrolysis) is 1. The third kappa shape index (κ3) is 4.47. The molecular weight excluding hydrogens is 446 g/mol. The maximum atomic E-state index is 14.6. The van der Waals surface area contributed by atoms with Gasteiger partial charge in [0.25, 0.3) is 5.91 Å². The Bertz CT molecular complexity index is 1060. The van der Waals surface area contributed by atoms with Gasteiger partial charge in [0.1, 0.15) is 12.6 Å². The van der Waals surface area contributed by atoms with Crippen LogP contribution in [0, 0.1) is 5.92 Å². The number of hydrogen-bond acceptors (Lipinski definition) is 4. The van der Waals surface area contributed by atoms with Crippen molar-refractivity contribution in [1.29, 1.82) is 0 Å². The third-order valence-corrected chi connectivity index (χ3v) is 6.56. The number of nitrogens with one attached hydrogen (secondary N) is 1. The van der Waals surface area contributed by atoms with Gasteiger partial charge in [-0.2, -0.15) is 8.78 Å². The fraction of sp³-hybridized carbons (Fsp3) is 0.400. The van der Waals surface area contributed by atoms with Gasteiger partial charge in [-0.1, -0.05) is 55.5 Å². The standard InChI is InChI=1S/C25H26F2N2O5/c1-15-7-6-12-29(21(15)22(30)31)23(32)25(26,27)14-28-24(33)34-13-20-18-10-4-2-8-16(18)17-9-3-5-11-19(17)20/h2-5,8-11,15,20-21H,6-7,12-14H2,1H3,(H,28,33)(H,30,31). The molecule has 2 aromatic carbocycles. The Kier molecular flexibility index (Phi) is 6.54. The number of piperidine rings is 1. The van der Waals surface area contributed by atoms with Gasteiger partial charge in [-0.25, -0.2) is 9.59 Å². The van der Waals surface area contributed by atoms with Crippen LogP contribution >= 0.6 is 0 Å². The van der Waals surface area contributed by atoms with Crippen LogP contribution in [0.1, 0.15) is 36.8 Å². The van der Waals surface area contributed by atoms with Crippen molar-refractivity contribution in [2.75, 3.05) is 19.7 Å². The highest BCUT2D eigenvalue weighted by molar-refractivity contribution is 5.89. The second kappa shape index (κ2) is 9.40. The van der Waals surface area contributed by atoms with E-state index in [4.69, 9.17) is 4.74 Å². The van der Waals surface area contributed by atoms with Gasteiger partial charge in [-0.15, -0.1) is 0 Å². The molecule has 9 heteroatoms. The van der Waals surface area contributed by atoms with Crippen LogP contribution in [-0.4, -0.2) is 59.6 Å². The van der Waals surface area contributed by atoms with Crippen LogP contribution in [0.4, 0.5) is 13.6 Å². The van der Waals surface area contributed by atoms with Gasteiger partial charge in [-0.3, -0.25) is 4.79 Å². The van der Waals surface area contributed by atoms with Crippen LogP contribution in [0.25, 0.3) is 11.1 Å². The first-order valence-electron chi connectivity index (χ1n) is 11.2. The predicted molar refractivity (Wildman–Crippen MR) is 120 cm³/mol. The summed E-state index contributed by atoms with van der Waals surface area (Å²) in [6.07, 6.45) is -0.104. The Morgan fingerprint density at radius 2 is 1.68 bits per heavy atom. The summed E-state index contributed by atoms with van der Waals surface area (Å²) in [5.74, 6) is -7.56. The van der Waals surface area contributed by atoms with Crippen LogP contribution in [0.15, 0.2) is 48.5 Å². The van der Waals surface area contributed by atoms with Crippen molar-refractivity contribution in [3.05, 3.63) is 59.7 Å². The molecule has 1 fully saturated rings. The molecule has 2 atom stereocenters. The molecule has 0 aromatic heterocycles. The highest BCUT2D eigenvalue weighted by Crippen LogP contribution is 2.44. The molecule has 2 aromatic rings. The van der Waals surface area contributed by atoms with E-state index < -0.39 is 42.4 Å². The molecule has 0 saturated carbocycles. The lowest BCUT2D eigenvalue weighted by molar-refractivity contribution is -0.169. The summed E-state index contributed by atoms with van der Waals surface area (Å²) in [6.45, 7) is 0.218. The van der Waals surface area contributed by atoms with E-state index in [-0.39, 0.29) is 19.1 Å². The topological polar surface area (TPSA) is 95.9 Å². The number of likely N-dealkylation sites (tertiary alicyclic amines) is 1. The van der Waals surface area contributed by atoms with Crippen LogP contribution in [0.3, 0.4) is 0 Å². The van der Waals surface area contributed by atoms with E-state index in [9.17, 15) is 28.3 Å². The van der Waals surface area contributed by atoms with E-state index in [1.54, 1.807) is 6.92 Å². The molecule has 4 rings (SSSR count). The first-order valence-corrected chi connectivity index (χ1v) is 11.2. The number of rotatable bonds is 6. The number of ether oxygens (including phenoxy) is 1. The van der Waals surface area contributed by atoms with Crippen molar-refractivity contribution >= 4 is 18.0 Å². The molecule has 1 aliphatic carbocycles. The van der Waals surface area contributed by atoms with Crippen molar-refractivity contribution in [3.8, 4) is 11.1 Å². The number of fused-ring (bicyclic) bond motifs is 3. The SMILES string of the molecule is CC1CCCN(C(=O)C(F)(F)CNC(=O)OCC2c3ccccc3-c3ccccc32)C1C(=O)O. The lowest BCUT2D eigenvalue weighted by Gasteiger charge is -2.38. The van der Waals surface area contributed by atoms with Gasteiger partial charge in [0.2, 0.25) is 0 Å². The van der Waals surface area contributed by atoms with Gasteiger partial charge >= 0.3 is 18.0 Å². The number of hydrogen-bond donors (Lipinski definition) is 2. The Hall–Kier alpha value is -3.49. The lowest BCUT2D eigenvalue weighted by atomic mass is 9.90. The average molecular weight is 472 g/mol. The van der Waals surface area contributed by atoms with Crippen molar-refractivity contribution in [2.24, 2.45) is 5.92 Å². The second-order valence-electron chi connectivity index (χ2n) is 8.78. The number of alkyl halides is 2. The molecule has 2 unspecified atom stereocenters. The molecule has 2 amide bonds. The second-order valence-corrected chi connectivity index (χ2v) is 8.78. The molecule has 1 aliphatic heterocycles. The minimum Gasteiger partial charge on any atom is -0.480 e. The third-order valence-electron chi connectivity index (χ3n) is 6.56. The monoisotopic (exact) mass is 472 g/mol. The molecule has 0 radical (unpaired) electrons.